The third-order valence-corrected chi connectivity index (χ3v) is 1.61. The van der Waals surface area contributed by atoms with E-state index < -0.39 is 18.1 Å². The molecule has 78 valence electrons. The van der Waals surface area contributed by atoms with Crippen molar-refractivity contribution in [3.05, 3.63) is 0 Å². The number of alkyl carbamates (subject to hydrolysis) is 1. The number of carbonyl (C=O) groups is 2. The van der Waals surface area contributed by atoms with Crippen molar-refractivity contribution in [1.29, 1.82) is 0 Å². The van der Waals surface area contributed by atoms with Gasteiger partial charge >= 0.3 is 12.1 Å². The lowest BCUT2D eigenvalue weighted by Crippen LogP contribution is -2.39. The minimum Gasteiger partial charge on any atom is -0.467 e. The van der Waals surface area contributed by atoms with Gasteiger partial charge in [0.05, 0.1) is 7.11 Å². The van der Waals surface area contributed by atoms with Crippen LogP contribution < -0.4 is 5.32 Å². The molecule has 0 aromatic heterocycles. The highest BCUT2D eigenvalue weighted by Gasteiger charge is 2.15. The SMILES string of the molecule is COC(=O)C(C)NC(=O)OCC#CI. The highest BCUT2D eigenvalue weighted by Crippen LogP contribution is 1.87. The van der Waals surface area contributed by atoms with Crippen LogP contribution in [-0.2, 0) is 14.3 Å². The van der Waals surface area contributed by atoms with Crippen LogP contribution in [0.3, 0.4) is 0 Å². The van der Waals surface area contributed by atoms with Gasteiger partial charge in [0.2, 0.25) is 0 Å². The molecule has 0 rings (SSSR count). The first-order chi connectivity index (χ1) is 6.61. The van der Waals surface area contributed by atoms with E-state index in [1.54, 1.807) is 0 Å². The van der Waals surface area contributed by atoms with Gasteiger partial charge in [-0.1, -0.05) is 5.92 Å². The van der Waals surface area contributed by atoms with Crippen LogP contribution in [0.1, 0.15) is 6.92 Å². The first kappa shape index (κ1) is 13.0. The minimum absolute atomic E-state index is 0.00264. The second-order valence-corrected chi connectivity index (χ2v) is 2.78. The Labute approximate surface area is 95.7 Å². The number of halogens is 1. The summed E-state index contributed by atoms with van der Waals surface area (Å²) in [6, 6.07) is -0.722. The van der Waals surface area contributed by atoms with E-state index in [2.05, 4.69) is 24.6 Å². The molecule has 0 aliphatic rings. The monoisotopic (exact) mass is 311 g/mol. The van der Waals surface area contributed by atoms with Crippen molar-refractivity contribution in [2.75, 3.05) is 13.7 Å². The standard InChI is InChI=1S/C8H10INO4/c1-6(7(11)13-2)10-8(12)14-5-3-4-9/h6H,5H2,1-2H3,(H,10,12). The highest BCUT2D eigenvalue weighted by atomic mass is 127. The van der Waals surface area contributed by atoms with Gasteiger partial charge in [-0.2, -0.15) is 0 Å². The Bertz CT molecular complexity index is 268. The molecule has 1 N–H and O–H groups in total. The highest BCUT2D eigenvalue weighted by molar-refractivity contribution is 14.1. The van der Waals surface area contributed by atoms with E-state index in [9.17, 15) is 9.59 Å². The Hall–Kier alpha value is -0.970. The summed E-state index contributed by atoms with van der Waals surface area (Å²) in [5.74, 6) is 2.01. The summed E-state index contributed by atoms with van der Waals surface area (Å²) in [7, 11) is 1.24. The predicted octanol–water partition coefficient (Wildman–Crippen LogP) is 0.670. The normalized spacial score (nSPS) is 10.5. The number of rotatable bonds is 3. The Morgan fingerprint density at radius 3 is 2.71 bits per heavy atom. The van der Waals surface area contributed by atoms with Crippen molar-refractivity contribution < 1.29 is 19.1 Å². The van der Waals surface area contributed by atoms with Crippen molar-refractivity contribution in [3.8, 4) is 9.85 Å². The Kier molecular flexibility index (Phi) is 6.92. The summed E-state index contributed by atoms with van der Waals surface area (Å²) in [6.07, 6.45) is -0.693. The van der Waals surface area contributed by atoms with Gasteiger partial charge in [-0.25, -0.2) is 9.59 Å². The molecule has 0 aromatic rings. The van der Waals surface area contributed by atoms with Crippen LogP contribution in [0.2, 0.25) is 0 Å². The van der Waals surface area contributed by atoms with Crippen LogP contribution in [0.5, 0.6) is 0 Å². The van der Waals surface area contributed by atoms with Crippen molar-refractivity contribution in [3.63, 3.8) is 0 Å². The number of hydrogen-bond acceptors (Lipinski definition) is 4. The average molecular weight is 311 g/mol. The molecule has 1 amide bonds. The molecular weight excluding hydrogens is 301 g/mol. The maximum Gasteiger partial charge on any atom is 0.408 e. The van der Waals surface area contributed by atoms with E-state index >= 15 is 0 Å². The Morgan fingerprint density at radius 2 is 2.21 bits per heavy atom. The number of carbonyl (C=O) groups excluding carboxylic acids is 2. The van der Waals surface area contributed by atoms with Gasteiger partial charge in [0, 0.05) is 22.6 Å². The van der Waals surface area contributed by atoms with Gasteiger partial charge in [0.1, 0.15) is 6.04 Å². The first-order valence-corrected chi connectivity index (χ1v) is 4.79. The van der Waals surface area contributed by atoms with Crippen molar-refractivity contribution in [1.82, 2.24) is 5.32 Å². The van der Waals surface area contributed by atoms with Gasteiger partial charge in [-0.15, -0.1) is 0 Å². The largest absolute Gasteiger partial charge is 0.467 e. The quantitative estimate of drug-likeness (QED) is 0.473. The Balaban J connectivity index is 3.80. The van der Waals surface area contributed by atoms with Gasteiger partial charge in [0.25, 0.3) is 0 Å². The first-order valence-electron chi connectivity index (χ1n) is 3.71. The van der Waals surface area contributed by atoms with Gasteiger partial charge < -0.3 is 14.8 Å². The maximum absolute atomic E-state index is 10.9. The summed E-state index contributed by atoms with van der Waals surface area (Å²) in [4.78, 5) is 21.8. The zero-order valence-corrected chi connectivity index (χ0v) is 9.95. The second kappa shape index (κ2) is 7.44. The molecule has 0 fully saturated rings. The summed E-state index contributed by atoms with van der Waals surface area (Å²) < 4.78 is 11.5. The van der Waals surface area contributed by atoms with Gasteiger partial charge in [-0.05, 0) is 10.9 Å². The molecule has 0 bridgehead atoms. The van der Waals surface area contributed by atoms with Crippen LogP contribution in [0.4, 0.5) is 4.79 Å². The molecule has 0 aliphatic carbocycles. The lowest BCUT2D eigenvalue weighted by molar-refractivity contribution is -0.142. The van der Waals surface area contributed by atoms with E-state index in [1.165, 1.54) is 14.0 Å². The molecule has 0 heterocycles. The summed E-state index contributed by atoms with van der Waals surface area (Å²) in [5, 5.41) is 2.28. The smallest absolute Gasteiger partial charge is 0.408 e. The number of methoxy groups -OCH3 is 1. The fourth-order valence-electron chi connectivity index (χ4n) is 0.583. The third-order valence-electron chi connectivity index (χ3n) is 1.23. The molecule has 1 unspecified atom stereocenters. The fraction of sp³-hybridized carbons (Fsp3) is 0.500. The molecule has 6 heteroatoms. The van der Waals surface area contributed by atoms with E-state index in [0.717, 1.165) is 0 Å². The lowest BCUT2D eigenvalue weighted by Gasteiger charge is -2.10. The second-order valence-electron chi connectivity index (χ2n) is 2.24. The van der Waals surface area contributed by atoms with E-state index in [1.807, 2.05) is 22.6 Å². The topological polar surface area (TPSA) is 64.6 Å². The van der Waals surface area contributed by atoms with Crippen molar-refractivity contribution in [2.24, 2.45) is 0 Å². The molecule has 0 spiro atoms. The van der Waals surface area contributed by atoms with E-state index in [0.29, 0.717) is 0 Å². The fourth-order valence-corrected chi connectivity index (χ4v) is 0.739. The number of amides is 1. The zero-order valence-electron chi connectivity index (χ0n) is 7.80. The van der Waals surface area contributed by atoms with Crippen LogP contribution in [0, 0.1) is 9.85 Å². The van der Waals surface area contributed by atoms with Crippen LogP contribution >= 0.6 is 22.6 Å². The van der Waals surface area contributed by atoms with Gasteiger partial charge in [0.15, 0.2) is 6.61 Å². The predicted molar refractivity (Wildman–Crippen MR) is 57.8 cm³/mol. The number of esters is 1. The molecule has 1 atom stereocenters. The van der Waals surface area contributed by atoms with Gasteiger partial charge in [-0.3, -0.25) is 0 Å². The van der Waals surface area contributed by atoms with Crippen molar-refractivity contribution >= 4 is 34.7 Å². The number of ether oxygens (including phenoxy) is 2. The third kappa shape index (κ3) is 5.64. The van der Waals surface area contributed by atoms with E-state index in [-0.39, 0.29) is 6.61 Å². The van der Waals surface area contributed by atoms with Crippen LogP contribution in [-0.4, -0.2) is 31.8 Å². The number of hydrogen-bond donors (Lipinski definition) is 1. The lowest BCUT2D eigenvalue weighted by atomic mass is 10.3. The van der Waals surface area contributed by atoms with Crippen LogP contribution in [0.15, 0.2) is 0 Å². The van der Waals surface area contributed by atoms with Crippen LogP contribution in [0.25, 0.3) is 0 Å². The molecule has 0 aliphatic heterocycles. The molecular formula is C8H10INO4. The number of nitrogens with one attached hydrogen (secondary N) is 1. The molecule has 0 saturated heterocycles. The zero-order chi connectivity index (χ0) is 11.0. The summed E-state index contributed by atoms with van der Waals surface area (Å²) in [6.45, 7) is 1.50. The molecule has 0 saturated carbocycles. The summed E-state index contributed by atoms with van der Waals surface area (Å²) in [5.41, 5.74) is 0. The minimum atomic E-state index is -0.722. The Morgan fingerprint density at radius 1 is 1.57 bits per heavy atom. The maximum atomic E-state index is 10.9. The molecule has 14 heavy (non-hydrogen) atoms. The van der Waals surface area contributed by atoms with E-state index in [4.69, 9.17) is 0 Å². The average Bonchev–Trinajstić information content (AvgIpc) is 2.16. The molecule has 0 radical (unpaired) electrons. The molecule has 5 nitrogen and oxygen atoms in total. The van der Waals surface area contributed by atoms with Crippen molar-refractivity contribution in [2.45, 2.75) is 13.0 Å². The summed E-state index contributed by atoms with van der Waals surface area (Å²) >= 11 is 1.83. The molecule has 0 aromatic carbocycles.